The summed E-state index contributed by atoms with van der Waals surface area (Å²) in [6, 6.07) is 24.6. The van der Waals surface area contributed by atoms with Crippen LogP contribution in [-0.2, 0) is 0 Å². The van der Waals surface area contributed by atoms with Gasteiger partial charge in [-0.1, -0.05) is 42.5 Å². The van der Waals surface area contributed by atoms with E-state index in [4.69, 9.17) is 9.15 Å². The summed E-state index contributed by atoms with van der Waals surface area (Å²) < 4.78 is 11.0. The molecule has 0 radical (unpaired) electrons. The van der Waals surface area contributed by atoms with E-state index in [1.807, 2.05) is 36.4 Å². The summed E-state index contributed by atoms with van der Waals surface area (Å²) in [4.78, 5) is 25.4. The van der Waals surface area contributed by atoms with E-state index < -0.39 is 11.8 Å². The van der Waals surface area contributed by atoms with Crippen LogP contribution in [0.25, 0.3) is 11.0 Å². The number of ether oxygens (including phenoxy) is 1. The van der Waals surface area contributed by atoms with Crippen LogP contribution in [0.2, 0.25) is 0 Å². The summed E-state index contributed by atoms with van der Waals surface area (Å²) in [5.74, 6) is -0.322. The average Bonchev–Trinajstić information content (AvgIpc) is 2.82. The molecule has 1 heterocycles. The van der Waals surface area contributed by atoms with Crippen molar-refractivity contribution in [3.05, 3.63) is 102 Å². The predicted octanol–water partition coefficient (Wildman–Crippen LogP) is 3.94. The van der Waals surface area contributed by atoms with Gasteiger partial charge in [0, 0.05) is 16.6 Å². The number of hydrogen-bond donors (Lipinski definition) is 2. The number of rotatable bonds is 5. The Morgan fingerprint density at radius 1 is 0.871 bits per heavy atom. The number of hydrogen-bond acceptors (Lipinski definition) is 5. The molecule has 0 fully saturated rings. The summed E-state index contributed by atoms with van der Waals surface area (Å²) in [5.41, 5.74) is 4.15. The highest BCUT2D eigenvalue weighted by molar-refractivity contribution is 6.05. The third kappa shape index (κ3) is 4.62. The summed E-state index contributed by atoms with van der Waals surface area (Å²) in [6.45, 7) is 0. The van der Waals surface area contributed by atoms with E-state index >= 15 is 0 Å². The van der Waals surface area contributed by atoms with E-state index in [0.29, 0.717) is 22.6 Å². The molecule has 31 heavy (non-hydrogen) atoms. The Morgan fingerprint density at radius 2 is 1.65 bits per heavy atom. The number of nitrogens with zero attached hydrogens (tertiary/aromatic N) is 1. The van der Waals surface area contributed by atoms with Crippen molar-refractivity contribution in [1.29, 1.82) is 0 Å². The second kappa shape index (κ2) is 8.96. The summed E-state index contributed by atoms with van der Waals surface area (Å²) in [6.07, 6.45) is 0. The summed E-state index contributed by atoms with van der Waals surface area (Å²) in [5, 5.41) is 7.63. The van der Waals surface area contributed by atoms with Crippen molar-refractivity contribution in [2.24, 2.45) is 5.10 Å². The fraction of sp³-hybridized carbons (Fsp3) is 0.0417. The molecule has 3 aromatic carbocycles. The van der Waals surface area contributed by atoms with Gasteiger partial charge in [0.25, 0.3) is 11.8 Å². The van der Waals surface area contributed by atoms with Crippen molar-refractivity contribution in [3.63, 3.8) is 0 Å². The third-order valence-corrected chi connectivity index (χ3v) is 4.52. The first-order valence-electron chi connectivity index (χ1n) is 9.51. The van der Waals surface area contributed by atoms with E-state index in [9.17, 15) is 9.59 Å². The first-order chi connectivity index (χ1) is 15.1. The molecule has 0 aliphatic carbocycles. The van der Waals surface area contributed by atoms with Crippen LogP contribution in [0.5, 0.6) is 5.75 Å². The van der Waals surface area contributed by atoms with Gasteiger partial charge in [-0.25, -0.2) is 5.43 Å². The fourth-order valence-electron chi connectivity index (χ4n) is 2.97. The van der Waals surface area contributed by atoms with Crippen molar-refractivity contribution >= 4 is 28.5 Å². The Balaban J connectivity index is 1.70. The molecule has 7 heteroatoms. The van der Waals surface area contributed by atoms with Crippen molar-refractivity contribution < 1.29 is 18.7 Å². The lowest BCUT2D eigenvalue weighted by Crippen LogP contribution is -2.26. The molecule has 1 aromatic heterocycles. The van der Waals surface area contributed by atoms with Gasteiger partial charge in [-0.15, -0.1) is 5.10 Å². The predicted molar refractivity (Wildman–Crippen MR) is 117 cm³/mol. The second-order valence-electron chi connectivity index (χ2n) is 6.61. The zero-order valence-electron chi connectivity index (χ0n) is 16.7. The highest BCUT2D eigenvalue weighted by Gasteiger charge is 2.14. The van der Waals surface area contributed by atoms with Crippen LogP contribution in [0.1, 0.15) is 20.7 Å². The number of benzene rings is 3. The number of carbonyl (C=O) groups excluding carboxylic acids is 2. The fourth-order valence-corrected chi connectivity index (χ4v) is 2.97. The zero-order chi connectivity index (χ0) is 21.6. The van der Waals surface area contributed by atoms with Gasteiger partial charge in [-0.2, -0.15) is 0 Å². The lowest BCUT2D eigenvalue weighted by atomic mass is 10.1. The van der Waals surface area contributed by atoms with Gasteiger partial charge >= 0.3 is 0 Å². The molecule has 2 amide bonds. The molecule has 0 saturated carbocycles. The van der Waals surface area contributed by atoms with E-state index in [-0.39, 0.29) is 11.1 Å². The van der Waals surface area contributed by atoms with Crippen LogP contribution in [0.3, 0.4) is 0 Å². The number of anilines is 1. The molecule has 0 bridgehead atoms. The second-order valence-corrected chi connectivity index (χ2v) is 6.61. The van der Waals surface area contributed by atoms with Crippen LogP contribution in [0, 0.1) is 0 Å². The van der Waals surface area contributed by atoms with Crippen molar-refractivity contribution in [1.82, 2.24) is 5.43 Å². The van der Waals surface area contributed by atoms with Gasteiger partial charge < -0.3 is 14.5 Å². The number of methoxy groups -OCH3 is 1. The summed E-state index contributed by atoms with van der Waals surface area (Å²) >= 11 is 0. The summed E-state index contributed by atoms with van der Waals surface area (Å²) in [7, 11) is 1.52. The number of nitrogens with one attached hydrogen (secondary N) is 2. The molecule has 4 rings (SSSR count). The zero-order valence-corrected chi connectivity index (χ0v) is 16.7. The van der Waals surface area contributed by atoms with Crippen molar-refractivity contribution in [2.45, 2.75) is 0 Å². The smallest absolute Gasteiger partial charge is 0.271 e. The van der Waals surface area contributed by atoms with Crippen molar-refractivity contribution in [3.8, 4) is 5.75 Å². The van der Waals surface area contributed by atoms with Crippen LogP contribution in [0.4, 0.5) is 5.69 Å². The lowest BCUT2D eigenvalue weighted by Gasteiger charge is -2.07. The molecule has 0 aliphatic heterocycles. The Kier molecular flexibility index (Phi) is 5.75. The van der Waals surface area contributed by atoms with Gasteiger partial charge in [0.2, 0.25) is 5.55 Å². The maximum absolute atomic E-state index is 12.9. The van der Waals surface area contributed by atoms with Crippen molar-refractivity contribution in [2.75, 3.05) is 12.4 Å². The van der Waals surface area contributed by atoms with Crippen LogP contribution < -0.4 is 21.0 Å². The first kappa shape index (κ1) is 19.9. The standard InChI is InChI=1S/C24H19N3O4/c1-30-19-12-7-9-17(14-19)22(28)26-27-24-20(15-16-8-5-6-13-21(16)31-24)23(29)25-18-10-3-2-4-11-18/h2-15H,1H3,(H,25,29)(H,26,28)/b27-24+. The largest absolute Gasteiger partial charge is 0.497 e. The molecule has 0 saturated heterocycles. The molecule has 0 atom stereocenters. The monoisotopic (exact) mass is 413 g/mol. The lowest BCUT2D eigenvalue weighted by molar-refractivity contribution is 0.0947. The molecule has 7 nitrogen and oxygen atoms in total. The normalized spacial score (nSPS) is 11.2. The van der Waals surface area contributed by atoms with Gasteiger partial charge in [0.15, 0.2) is 0 Å². The number of amides is 2. The SMILES string of the molecule is COc1cccc(C(=O)N/N=c2/oc3ccccc3cc2C(=O)Nc2ccccc2)c1. The molecular formula is C24H19N3O4. The van der Waals surface area contributed by atoms with E-state index in [2.05, 4.69) is 15.8 Å². The molecule has 0 unspecified atom stereocenters. The maximum Gasteiger partial charge on any atom is 0.271 e. The molecule has 154 valence electrons. The average molecular weight is 413 g/mol. The molecular weight excluding hydrogens is 394 g/mol. The van der Waals surface area contributed by atoms with E-state index in [1.54, 1.807) is 48.5 Å². The molecule has 2 N–H and O–H groups in total. The Bertz CT molecular complexity index is 1310. The molecule has 0 spiro atoms. The minimum absolute atomic E-state index is 0.0108. The van der Waals surface area contributed by atoms with Gasteiger partial charge in [-0.3, -0.25) is 9.59 Å². The van der Waals surface area contributed by atoms with Gasteiger partial charge in [-0.05, 0) is 42.5 Å². The minimum atomic E-state index is -0.461. The Hall–Kier alpha value is -4.39. The van der Waals surface area contributed by atoms with Crippen LogP contribution >= 0.6 is 0 Å². The third-order valence-electron chi connectivity index (χ3n) is 4.52. The van der Waals surface area contributed by atoms with E-state index in [1.165, 1.54) is 7.11 Å². The Morgan fingerprint density at radius 3 is 2.45 bits per heavy atom. The number of para-hydroxylation sites is 2. The maximum atomic E-state index is 12.9. The highest BCUT2D eigenvalue weighted by Crippen LogP contribution is 2.15. The molecule has 4 aromatic rings. The number of fused-ring (bicyclic) bond motifs is 1. The van der Waals surface area contributed by atoms with Gasteiger partial charge in [0.1, 0.15) is 16.9 Å². The Labute approximate surface area is 178 Å². The minimum Gasteiger partial charge on any atom is -0.497 e. The van der Waals surface area contributed by atoms with Gasteiger partial charge in [0.05, 0.1) is 7.11 Å². The topological polar surface area (TPSA) is 92.9 Å². The number of carbonyl (C=O) groups is 2. The first-order valence-corrected chi connectivity index (χ1v) is 9.51. The van der Waals surface area contributed by atoms with E-state index in [0.717, 1.165) is 5.39 Å². The highest BCUT2D eigenvalue weighted by atomic mass is 16.5. The van der Waals surface area contributed by atoms with Crippen LogP contribution in [0.15, 0.2) is 94.4 Å². The molecule has 0 aliphatic rings. The van der Waals surface area contributed by atoms with Crippen LogP contribution in [-0.4, -0.2) is 18.9 Å². The quantitative estimate of drug-likeness (QED) is 0.485.